The Morgan fingerprint density at radius 1 is 1.00 bits per heavy atom. The first-order valence-corrected chi connectivity index (χ1v) is 6.29. The van der Waals surface area contributed by atoms with Crippen molar-refractivity contribution >= 4 is 23.0 Å². The Kier molecular flexibility index (Phi) is 3.95. The maximum Gasteiger partial charge on any atom is 0.171 e. The van der Waals surface area contributed by atoms with Crippen molar-refractivity contribution < 1.29 is 0 Å². The molecule has 1 atom stereocenters. The van der Waals surface area contributed by atoms with E-state index in [1.807, 2.05) is 53.4 Å². The molecular formula is C15H16N2S. The van der Waals surface area contributed by atoms with Crippen LogP contribution in [-0.4, -0.2) is 5.11 Å². The molecule has 18 heavy (non-hydrogen) atoms. The number of nitrogens with zero attached hydrogens (tertiary/aromatic N) is 1. The van der Waals surface area contributed by atoms with E-state index in [1.54, 1.807) is 0 Å². The van der Waals surface area contributed by atoms with Gasteiger partial charge in [0, 0.05) is 5.69 Å². The Morgan fingerprint density at radius 3 is 2.00 bits per heavy atom. The van der Waals surface area contributed by atoms with Gasteiger partial charge in [0.05, 0.1) is 6.04 Å². The van der Waals surface area contributed by atoms with Crippen LogP contribution in [0.15, 0.2) is 60.7 Å². The van der Waals surface area contributed by atoms with Gasteiger partial charge in [0.15, 0.2) is 5.11 Å². The summed E-state index contributed by atoms with van der Waals surface area (Å²) in [6, 6.07) is 20.3. The van der Waals surface area contributed by atoms with E-state index in [2.05, 4.69) is 19.1 Å². The molecule has 2 aromatic carbocycles. The molecule has 0 heterocycles. The van der Waals surface area contributed by atoms with Crippen molar-refractivity contribution in [1.82, 2.24) is 0 Å². The average Bonchev–Trinajstić information content (AvgIpc) is 2.40. The van der Waals surface area contributed by atoms with Crippen molar-refractivity contribution in [3.63, 3.8) is 0 Å². The molecule has 2 N–H and O–H groups in total. The molecule has 0 amide bonds. The second-order valence-electron chi connectivity index (χ2n) is 4.13. The van der Waals surface area contributed by atoms with Gasteiger partial charge in [-0.1, -0.05) is 48.5 Å². The van der Waals surface area contributed by atoms with Crippen LogP contribution in [0, 0.1) is 0 Å². The molecule has 0 aliphatic rings. The summed E-state index contributed by atoms with van der Waals surface area (Å²) < 4.78 is 0. The minimum atomic E-state index is 0.117. The number of benzene rings is 2. The van der Waals surface area contributed by atoms with Crippen LogP contribution in [0.3, 0.4) is 0 Å². The zero-order valence-electron chi connectivity index (χ0n) is 10.3. The Morgan fingerprint density at radius 2 is 1.50 bits per heavy atom. The highest BCUT2D eigenvalue weighted by Crippen LogP contribution is 2.26. The highest BCUT2D eigenvalue weighted by atomic mass is 32.1. The summed E-state index contributed by atoms with van der Waals surface area (Å²) in [5.74, 6) is 0. The molecule has 92 valence electrons. The van der Waals surface area contributed by atoms with Gasteiger partial charge >= 0.3 is 0 Å². The first-order chi connectivity index (χ1) is 8.70. The van der Waals surface area contributed by atoms with Crippen molar-refractivity contribution in [1.29, 1.82) is 0 Å². The fraction of sp³-hybridized carbons (Fsp3) is 0.133. The van der Waals surface area contributed by atoms with Crippen LogP contribution >= 0.6 is 12.2 Å². The third kappa shape index (κ3) is 2.68. The average molecular weight is 256 g/mol. The largest absolute Gasteiger partial charge is 0.376 e. The second-order valence-corrected chi connectivity index (χ2v) is 4.55. The minimum absolute atomic E-state index is 0.117. The highest BCUT2D eigenvalue weighted by molar-refractivity contribution is 7.80. The molecule has 2 rings (SSSR count). The predicted molar refractivity (Wildman–Crippen MR) is 80.6 cm³/mol. The van der Waals surface area contributed by atoms with Crippen molar-refractivity contribution in [3.05, 3.63) is 66.2 Å². The molecule has 0 saturated carbocycles. The van der Waals surface area contributed by atoms with E-state index in [4.69, 9.17) is 18.0 Å². The van der Waals surface area contributed by atoms with E-state index in [1.165, 1.54) is 5.56 Å². The standard InChI is InChI=1S/C15H16N2S/c1-12(13-8-4-2-5-9-13)17(15(16)18)14-10-6-3-7-11-14/h2-12H,1H3,(H2,16,18)/t12-/m0/s1. The molecule has 0 radical (unpaired) electrons. The molecule has 3 heteroatoms. The van der Waals surface area contributed by atoms with Crippen LogP contribution in [0.4, 0.5) is 5.69 Å². The van der Waals surface area contributed by atoms with Crippen LogP contribution in [0.25, 0.3) is 0 Å². The molecule has 0 unspecified atom stereocenters. The van der Waals surface area contributed by atoms with E-state index in [9.17, 15) is 0 Å². The summed E-state index contributed by atoms with van der Waals surface area (Å²) in [5, 5.41) is 0.387. The van der Waals surface area contributed by atoms with Crippen molar-refractivity contribution in [3.8, 4) is 0 Å². The molecule has 0 aliphatic carbocycles. The van der Waals surface area contributed by atoms with Gasteiger partial charge in [0.2, 0.25) is 0 Å². The molecule has 0 aliphatic heterocycles. The molecule has 2 nitrogen and oxygen atoms in total. The minimum Gasteiger partial charge on any atom is -0.376 e. The Bertz CT molecular complexity index is 511. The van der Waals surface area contributed by atoms with Gasteiger partial charge in [-0.2, -0.15) is 0 Å². The summed E-state index contributed by atoms with van der Waals surface area (Å²) in [6.45, 7) is 2.10. The van der Waals surface area contributed by atoms with Gasteiger partial charge in [0.25, 0.3) is 0 Å². The fourth-order valence-electron chi connectivity index (χ4n) is 2.01. The third-order valence-electron chi connectivity index (χ3n) is 2.94. The van der Waals surface area contributed by atoms with E-state index >= 15 is 0 Å². The number of rotatable bonds is 3. The summed E-state index contributed by atoms with van der Waals surface area (Å²) in [5.41, 5.74) is 8.07. The summed E-state index contributed by atoms with van der Waals surface area (Å²) in [6.07, 6.45) is 0. The second kappa shape index (κ2) is 5.65. The molecule has 2 aromatic rings. The maximum atomic E-state index is 5.86. The normalized spacial score (nSPS) is 11.8. The number of hydrogen-bond acceptors (Lipinski definition) is 1. The lowest BCUT2D eigenvalue weighted by Crippen LogP contribution is -2.37. The van der Waals surface area contributed by atoms with E-state index in [-0.39, 0.29) is 6.04 Å². The van der Waals surface area contributed by atoms with Crippen LogP contribution < -0.4 is 10.6 Å². The Hall–Kier alpha value is -1.87. The lowest BCUT2D eigenvalue weighted by atomic mass is 10.1. The van der Waals surface area contributed by atoms with E-state index in [0.29, 0.717) is 5.11 Å². The Balaban J connectivity index is 2.35. The van der Waals surface area contributed by atoms with E-state index < -0.39 is 0 Å². The van der Waals surface area contributed by atoms with Gasteiger partial charge in [-0.25, -0.2) is 0 Å². The Labute approximate surface area is 113 Å². The first kappa shape index (κ1) is 12.6. The number of thiocarbonyl (C=S) groups is 1. The van der Waals surface area contributed by atoms with Gasteiger partial charge in [-0.05, 0) is 36.8 Å². The topological polar surface area (TPSA) is 29.3 Å². The fourth-order valence-corrected chi connectivity index (χ4v) is 2.27. The third-order valence-corrected chi connectivity index (χ3v) is 3.14. The summed E-state index contributed by atoms with van der Waals surface area (Å²) in [7, 11) is 0. The lowest BCUT2D eigenvalue weighted by molar-refractivity contribution is 0.794. The van der Waals surface area contributed by atoms with Gasteiger partial charge < -0.3 is 10.6 Å². The van der Waals surface area contributed by atoms with Gasteiger partial charge in [0.1, 0.15) is 0 Å². The quantitative estimate of drug-likeness (QED) is 0.852. The highest BCUT2D eigenvalue weighted by Gasteiger charge is 2.18. The number of para-hydroxylation sites is 1. The van der Waals surface area contributed by atoms with Crippen molar-refractivity contribution in [2.24, 2.45) is 5.73 Å². The molecule has 0 saturated heterocycles. The lowest BCUT2D eigenvalue weighted by Gasteiger charge is -2.30. The molecule has 0 spiro atoms. The van der Waals surface area contributed by atoms with E-state index in [0.717, 1.165) is 5.69 Å². The van der Waals surface area contributed by atoms with Crippen LogP contribution in [0.1, 0.15) is 18.5 Å². The monoisotopic (exact) mass is 256 g/mol. The maximum absolute atomic E-state index is 5.86. The van der Waals surface area contributed by atoms with Crippen LogP contribution in [0.5, 0.6) is 0 Å². The van der Waals surface area contributed by atoms with Crippen molar-refractivity contribution in [2.75, 3.05) is 4.90 Å². The molecular weight excluding hydrogens is 240 g/mol. The zero-order valence-corrected chi connectivity index (χ0v) is 11.1. The number of anilines is 1. The zero-order chi connectivity index (χ0) is 13.0. The summed E-state index contributed by atoms with van der Waals surface area (Å²) in [4.78, 5) is 1.96. The van der Waals surface area contributed by atoms with Gasteiger partial charge in [-0.3, -0.25) is 0 Å². The van der Waals surface area contributed by atoms with Crippen LogP contribution in [-0.2, 0) is 0 Å². The SMILES string of the molecule is C[C@@H](c1ccccc1)N(C(N)=S)c1ccccc1. The smallest absolute Gasteiger partial charge is 0.171 e. The predicted octanol–water partition coefficient (Wildman–Crippen LogP) is 3.50. The number of hydrogen-bond donors (Lipinski definition) is 1. The number of nitrogens with two attached hydrogens (primary N) is 1. The molecule has 0 bridgehead atoms. The molecule has 0 fully saturated rings. The van der Waals surface area contributed by atoms with Gasteiger partial charge in [-0.15, -0.1) is 0 Å². The van der Waals surface area contributed by atoms with Crippen molar-refractivity contribution in [2.45, 2.75) is 13.0 Å². The first-order valence-electron chi connectivity index (χ1n) is 5.89. The summed E-state index contributed by atoms with van der Waals surface area (Å²) >= 11 is 5.18. The van der Waals surface area contributed by atoms with Crippen LogP contribution in [0.2, 0.25) is 0 Å². The molecule has 0 aromatic heterocycles.